The molecule has 5 rings (SSSR count). The highest BCUT2D eigenvalue weighted by molar-refractivity contribution is 6.35. The van der Waals surface area contributed by atoms with Crippen LogP contribution in [-0.2, 0) is 9.59 Å². The van der Waals surface area contributed by atoms with E-state index >= 15 is 4.39 Å². The summed E-state index contributed by atoms with van der Waals surface area (Å²) in [5.74, 6) is -1.89. The number of rotatable bonds is 6. The van der Waals surface area contributed by atoms with Gasteiger partial charge in [0.2, 0.25) is 5.91 Å². The van der Waals surface area contributed by atoms with Crippen LogP contribution in [0.25, 0.3) is 27.8 Å². The van der Waals surface area contributed by atoms with Crippen LogP contribution in [0, 0.1) is 11.7 Å². The van der Waals surface area contributed by atoms with Gasteiger partial charge in [-0.1, -0.05) is 18.5 Å². The Hall–Kier alpha value is -3.40. The Balaban J connectivity index is 1.57. The zero-order valence-corrected chi connectivity index (χ0v) is 18.5. The van der Waals surface area contributed by atoms with Crippen LogP contribution < -0.4 is 5.32 Å². The minimum Gasteiger partial charge on any atom is -0.309 e. The Morgan fingerprint density at radius 1 is 1.36 bits per heavy atom. The molecule has 1 aliphatic carbocycles. The third kappa shape index (κ3) is 3.74. The summed E-state index contributed by atoms with van der Waals surface area (Å²) in [6.07, 6.45) is 5.45. The number of aromatic amines is 1. The highest BCUT2D eigenvalue weighted by Gasteiger charge is 2.43. The van der Waals surface area contributed by atoms with E-state index in [4.69, 9.17) is 11.6 Å². The van der Waals surface area contributed by atoms with E-state index in [1.165, 1.54) is 19.3 Å². The summed E-state index contributed by atoms with van der Waals surface area (Å²) in [6, 6.07) is 0. The summed E-state index contributed by atoms with van der Waals surface area (Å²) in [6.45, 7) is 3.21. The number of carbonyl (C=O) groups is 2. The molecule has 0 spiro atoms. The number of anilines is 1. The van der Waals surface area contributed by atoms with Crippen LogP contribution in [-0.4, -0.2) is 42.4 Å². The van der Waals surface area contributed by atoms with Crippen LogP contribution in [0.4, 0.5) is 14.6 Å². The van der Waals surface area contributed by atoms with E-state index < -0.39 is 29.7 Å². The van der Waals surface area contributed by atoms with E-state index in [9.17, 15) is 14.0 Å². The van der Waals surface area contributed by atoms with Crippen LogP contribution in [0.5, 0.6) is 0 Å². The van der Waals surface area contributed by atoms with Crippen molar-refractivity contribution in [3.8, 4) is 11.3 Å². The summed E-state index contributed by atoms with van der Waals surface area (Å²) in [5.41, 5.74) is 1.90. The number of benzene rings is 1. The number of fused-ring (bicyclic) bond motifs is 2. The molecule has 1 aliphatic rings. The fourth-order valence-corrected chi connectivity index (χ4v) is 4.43. The van der Waals surface area contributed by atoms with Gasteiger partial charge in [-0.15, -0.1) is 0 Å². The van der Waals surface area contributed by atoms with Crippen molar-refractivity contribution in [1.29, 1.82) is 0 Å². The lowest BCUT2D eigenvalue weighted by Gasteiger charge is -2.16. The van der Waals surface area contributed by atoms with Crippen LogP contribution in [0.15, 0.2) is 24.8 Å². The van der Waals surface area contributed by atoms with Crippen LogP contribution in [0.2, 0.25) is 5.02 Å². The van der Waals surface area contributed by atoms with E-state index in [2.05, 4.69) is 25.5 Å². The zero-order valence-electron chi connectivity index (χ0n) is 17.7. The maximum absolute atomic E-state index is 15.4. The molecule has 0 radical (unpaired) electrons. The number of imidazole rings is 1. The standard InChI is InChI=1S/C22H19ClF2N6O2/c1-9(3-10(2)32)17-20(25)19(23)18(12-5-27-30-21(12)17)14-7-31-8-15(28-16(31)6-26-14)29-22(33)11-4-13(11)24/h5-9,11,13H,3-4H2,1-2H3,(H,27,30)(H,29,33)/t9?,11-,13+/m1/s1. The molecule has 0 bridgehead atoms. The Bertz CT molecular complexity index is 1430. The number of nitrogens with one attached hydrogen (secondary N) is 2. The lowest BCUT2D eigenvalue weighted by molar-refractivity contribution is -0.118. The van der Waals surface area contributed by atoms with Crippen LogP contribution in [0.1, 0.15) is 38.2 Å². The van der Waals surface area contributed by atoms with Crippen molar-refractivity contribution in [2.75, 3.05) is 5.32 Å². The quantitative estimate of drug-likeness (QED) is 0.431. The zero-order chi connectivity index (χ0) is 23.4. The highest BCUT2D eigenvalue weighted by Crippen LogP contribution is 2.41. The Morgan fingerprint density at radius 3 is 2.82 bits per heavy atom. The number of H-pyrrole nitrogens is 1. The van der Waals surface area contributed by atoms with Gasteiger partial charge < -0.3 is 14.5 Å². The van der Waals surface area contributed by atoms with Gasteiger partial charge in [0, 0.05) is 29.1 Å². The molecule has 11 heteroatoms. The van der Waals surface area contributed by atoms with Gasteiger partial charge in [-0.3, -0.25) is 14.9 Å². The molecule has 0 saturated heterocycles. The molecule has 2 N–H and O–H groups in total. The average molecular weight is 473 g/mol. The minimum atomic E-state index is -1.11. The topological polar surface area (TPSA) is 105 Å². The van der Waals surface area contributed by atoms with E-state index in [-0.39, 0.29) is 29.5 Å². The average Bonchev–Trinajstić information content (AvgIpc) is 3.12. The van der Waals surface area contributed by atoms with E-state index in [1.807, 2.05) is 0 Å². The van der Waals surface area contributed by atoms with Gasteiger partial charge in [-0.05, 0) is 19.3 Å². The number of Topliss-reactive ketones (excluding diaryl/α,β-unsaturated/α-hetero) is 1. The number of amides is 1. The van der Waals surface area contributed by atoms with Gasteiger partial charge in [0.25, 0.3) is 0 Å². The van der Waals surface area contributed by atoms with Gasteiger partial charge in [0.15, 0.2) is 11.5 Å². The molecule has 1 aromatic carbocycles. The molecule has 0 aliphatic heterocycles. The van der Waals surface area contributed by atoms with Gasteiger partial charge >= 0.3 is 0 Å². The van der Waals surface area contributed by atoms with Gasteiger partial charge in [-0.25, -0.2) is 13.8 Å². The van der Waals surface area contributed by atoms with Crippen molar-refractivity contribution < 1.29 is 18.4 Å². The smallest absolute Gasteiger partial charge is 0.231 e. The molecule has 1 saturated carbocycles. The highest BCUT2D eigenvalue weighted by atomic mass is 35.5. The van der Waals surface area contributed by atoms with Crippen molar-refractivity contribution in [2.45, 2.75) is 38.8 Å². The molecule has 170 valence electrons. The van der Waals surface area contributed by atoms with Crippen molar-refractivity contribution in [3.63, 3.8) is 0 Å². The lowest BCUT2D eigenvalue weighted by atomic mass is 9.91. The fourth-order valence-electron chi connectivity index (χ4n) is 4.13. The number of alkyl halides is 1. The van der Waals surface area contributed by atoms with Gasteiger partial charge in [0.05, 0.1) is 40.7 Å². The van der Waals surface area contributed by atoms with Crippen molar-refractivity contribution in [1.82, 2.24) is 24.6 Å². The Labute approximate surface area is 191 Å². The van der Waals surface area contributed by atoms with Crippen molar-refractivity contribution in [3.05, 3.63) is 41.2 Å². The molecule has 8 nitrogen and oxygen atoms in total. The monoisotopic (exact) mass is 472 g/mol. The number of hydrogen-bond acceptors (Lipinski definition) is 5. The third-order valence-corrected chi connectivity index (χ3v) is 6.17. The summed E-state index contributed by atoms with van der Waals surface area (Å²) < 4.78 is 30.2. The number of halogens is 3. The molecular weight excluding hydrogens is 454 g/mol. The Morgan fingerprint density at radius 2 is 2.12 bits per heavy atom. The molecule has 4 aromatic rings. The maximum Gasteiger partial charge on any atom is 0.231 e. The van der Waals surface area contributed by atoms with Crippen molar-refractivity contribution >= 4 is 45.7 Å². The number of aromatic nitrogens is 5. The van der Waals surface area contributed by atoms with Crippen LogP contribution in [0.3, 0.4) is 0 Å². The van der Waals surface area contributed by atoms with Crippen molar-refractivity contribution in [2.24, 2.45) is 5.92 Å². The number of ketones is 1. The number of nitrogens with zero attached hydrogens (tertiary/aromatic N) is 4. The molecule has 3 aromatic heterocycles. The first-order valence-electron chi connectivity index (χ1n) is 10.4. The third-order valence-electron chi connectivity index (χ3n) is 5.81. The summed E-state index contributed by atoms with van der Waals surface area (Å²) >= 11 is 6.47. The molecule has 3 atom stereocenters. The second-order valence-corrected chi connectivity index (χ2v) is 8.77. The number of carbonyl (C=O) groups excluding carboxylic acids is 2. The first-order chi connectivity index (χ1) is 15.7. The summed E-state index contributed by atoms with van der Waals surface area (Å²) in [7, 11) is 0. The lowest BCUT2D eigenvalue weighted by Crippen LogP contribution is -2.15. The van der Waals surface area contributed by atoms with Gasteiger partial charge in [0.1, 0.15) is 17.8 Å². The normalized spacial score (nSPS) is 18.6. The molecule has 33 heavy (non-hydrogen) atoms. The first kappa shape index (κ1) is 21.4. The van der Waals surface area contributed by atoms with Crippen LogP contribution >= 0.6 is 11.6 Å². The first-order valence-corrected chi connectivity index (χ1v) is 10.8. The molecular formula is C22H19ClF2N6O2. The van der Waals surface area contributed by atoms with E-state index in [0.29, 0.717) is 33.4 Å². The van der Waals surface area contributed by atoms with Gasteiger partial charge in [-0.2, -0.15) is 5.10 Å². The summed E-state index contributed by atoms with van der Waals surface area (Å²) in [4.78, 5) is 32.2. The molecule has 1 amide bonds. The molecule has 1 fully saturated rings. The molecule has 3 heterocycles. The SMILES string of the molecule is CC(=O)CC(C)c1c(F)c(Cl)c(-c2cn3cc(NC(=O)[C@@H]4C[C@@H]4F)nc3cn2)c2cn[nH]c12. The minimum absolute atomic E-state index is 0.0615. The number of hydrogen-bond donors (Lipinski definition) is 2. The molecule has 1 unspecified atom stereocenters. The predicted octanol–water partition coefficient (Wildman–Crippen LogP) is 4.44. The fraction of sp³-hybridized carbons (Fsp3) is 0.318. The second-order valence-electron chi connectivity index (χ2n) is 8.39. The largest absolute Gasteiger partial charge is 0.309 e. The Kier molecular flexibility index (Phi) is 5.12. The van der Waals surface area contributed by atoms with E-state index in [1.54, 1.807) is 23.7 Å². The maximum atomic E-state index is 15.4. The second kappa shape index (κ2) is 7.87. The van der Waals surface area contributed by atoms with E-state index in [0.717, 1.165) is 0 Å². The summed E-state index contributed by atoms with van der Waals surface area (Å²) in [5, 5.41) is 9.91. The predicted molar refractivity (Wildman–Crippen MR) is 118 cm³/mol.